The molecule has 3 aromatic rings. The molecule has 1 N–H and O–H groups in total. The van der Waals surface area contributed by atoms with Crippen molar-refractivity contribution in [3.63, 3.8) is 0 Å². The maximum atomic E-state index is 12.8. The second kappa shape index (κ2) is 7.63. The zero-order valence-corrected chi connectivity index (χ0v) is 17.1. The third-order valence-electron chi connectivity index (χ3n) is 4.78. The Kier molecular flexibility index (Phi) is 5.23. The number of nitrogens with zero attached hydrogens (tertiary/aromatic N) is 4. The van der Waals surface area contributed by atoms with E-state index in [2.05, 4.69) is 29.4 Å². The van der Waals surface area contributed by atoms with Crippen LogP contribution in [0.25, 0.3) is 16.0 Å². The lowest BCUT2D eigenvalue weighted by atomic mass is 10.2. The Morgan fingerprint density at radius 1 is 1.37 bits per heavy atom. The first-order valence-corrected chi connectivity index (χ1v) is 11.2. The first-order chi connectivity index (χ1) is 13.0. The molecule has 1 amide bonds. The Bertz CT molecular complexity index is 1030. The highest BCUT2D eigenvalue weighted by Gasteiger charge is 2.20. The van der Waals surface area contributed by atoms with Gasteiger partial charge in [-0.15, -0.1) is 21.5 Å². The summed E-state index contributed by atoms with van der Waals surface area (Å²) in [5.74, 6) is 1.18. The minimum atomic E-state index is -0.0240. The smallest absolute Gasteiger partial charge is 0.272 e. The van der Waals surface area contributed by atoms with Crippen LogP contribution in [-0.2, 0) is 11.3 Å². The van der Waals surface area contributed by atoms with E-state index in [-0.39, 0.29) is 11.5 Å². The summed E-state index contributed by atoms with van der Waals surface area (Å²) in [6.45, 7) is 4.73. The summed E-state index contributed by atoms with van der Waals surface area (Å²) in [7, 11) is 0. The summed E-state index contributed by atoms with van der Waals surface area (Å²) >= 11 is 2.80. The highest BCUT2D eigenvalue weighted by Crippen LogP contribution is 2.25. The molecule has 27 heavy (non-hydrogen) atoms. The van der Waals surface area contributed by atoms with Crippen LogP contribution in [0.5, 0.6) is 0 Å². The topological polar surface area (TPSA) is 81.3 Å². The summed E-state index contributed by atoms with van der Waals surface area (Å²) in [4.78, 5) is 25.1. The van der Waals surface area contributed by atoms with E-state index in [1.54, 1.807) is 4.57 Å². The minimum absolute atomic E-state index is 0.0240. The lowest BCUT2D eigenvalue weighted by Crippen LogP contribution is -2.33. The lowest BCUT2D eigenvalue weighted by Gasteiger charge is -2.12. The maximum absolute atomic E-state index is 12.8. The largest absolute Gasteiger partial charge is 0.353 e. The van der Waals surface area contributed by atoms with Gasteiger partial charge in [-0.3, -0.25) is 18.6 Å². The Balaban J connectivity index is 1.64. The second-order valence-electron chi connectivity index (χ2n) is 7.40. The standard InChI is InChI=1S/C18H23N5O2S2/c1-11(2)9-22-16(25)15-13(7-8-26-15)23-17(22)20-21-18(23)27-10-14(24)19-12-5-3-4-6-12/h7-8,11-12H,3-6,9-10H2,1-2H3,(H,19,24). The first kappa shape index (κ1) is 18.5. The van der Waals surface area contributed by atoms with Gasteiger partial charge in [0, 0.05) is 12.6 Å². The molecule has 1 saturated carbocycles. The average Bonchev–Trinajstić information content (AvgIpc) is 3.35. The van der Waals surface area contributed by atoms with Gasteiger partial charge in [0.1, 0.15) is 4.70 Å². The highest BCUT2D eigenvalue weighted by atomic mass is 32.2. The van der Waals surface area contributed by atoms with Gasteiger partial charge >= 0.3 is 0 Å². The number of carbonyl (C=O) groups is 1. The molecule has 0 radical (unpaired) electrons. The molecule has 1 aliphatic carbocycles. The maximum Gasteiger partial charge on any atom is 0.272 e. The molecule has 0 aromatic carbocycles. The molecule has 0 bridgehead atoms. The van der Waals surface area contributed by atoms with Crippen molar-refractivity contribution in [1.29, 1.82) is 0 Å². The quantitative estimate of drug-likeness (QED) is 0.638. The molecule has 4 rings (SSSR count). The van der Waals surface area contributed by atoms with Gasteiger partial charge in [0.2, 0.25) is 11.7 Å². The Morgan fingerprint density at radius 2 is 2.15 bits per heavy atom. The number of carbonyl (C=O) groups excluding carboxylic acids is 1. The predicted octanol–water partition coefficient (Wildman–Crippen LogP) is 2.91. The Morgan fingerprint density at radius 3 is 2.89 bits per heavy atom. The van der Waals surface area contributed by atoms with E-state index >= 15 is 0 Å². The van der Waals surface area contributed by atoms with Crippen LogP contribution in [0.4, 0.5) is 0 Å². The summed E-state index contributed by atoms with van der Waals surface area (Å²) in [5, 5.41) is 14.2. The molecule has 7 nitrogen and oxygen atoms in total. The van der Waals surface area contributed by atoms with Gasteiger partial charge in [-0.2, -0.15) is 0 Å². The van der Waals surface area contributed by atoms with Crippen molar-refractivity contribution in [1.82, 2.24) is 24.5 Å². The Labute approximate surface area is 165 Å². The molecule has 3 heterocycles. The third kappa shape index (κ3) is 3.62. The highest BCUT2D eigenvalue weighted by molar-refractivity contribution is 7.99. The van der Waals surface area contributed by atoms with Gasteiger partial charge in [-0.05, 0) is 30.2 Å². The lowest BCUT2D eigenvalue weighted by molar-refractivity contribution is -0.119. The zero-order chi connectivity index (χ0) is 19.0. The van der Waals surface area contributed by atoms with E-state index in [4.69, 9.17) is 0 Å². The normalized spacial score (nSPS) is 15.4. The Hall–Kier alpha value is -1.87. The van der Waals surface area contributed by atoms with E-state index in [0.29, 0.717) is 39.9 Å². The number of nitrogens with one attached hydrogen (secondary N) is 1. The molecular formula is C18H23N5O2S2. The molecule has 144 valence electrons. The van der Waals surface area contributed by atoms with Crippen LogP contribution in [0, 0.1) is 5.92 Å². The van der Waals surface area contributed by atoms with Crippen molar-refractivity contribution < 1.29 is 4.79 Å². The van der Waals surface area contributed by atoms with Crippen LogP contribution in [0.3, 0.4) is 0 Å². The van der Waals surface area contributed by atoms with Gasteiger partial charge < -0.3 is 5.32 Å². The molecule has 0 atom stereocenters. The van der Waals surface area contributed by atoms with Crippen molar-refractivity contribution in [2.75, 3.05) is 5.75 Å². The van der Waals surface area contributed by atoms with Gasteiger partial charge in [0.25, 0.3) is 5.56 Å². The zero-order valence-electron chi connectivity index (χ0n) is 15.5. The van der Waals surface area contributed by atoms with Crippen molar-refractivity contribution in [2.45, 2.75) is 57.3 Å². The summed E-state index contributed by atoms with van der Waals surface area (Å²) in [5.41, 5.74) is 0.785. The second-order valence-corrected chi connectivity index (χ2v) is 9.26. The fourth-order valence-corrected chi connectivity index (χ4v) is 5.17. The fourth-order valence-electron chi connectivity index (χ4n) is 3.59. The molecule has 1 fully saturated rings. The molecule has 0 spiro atoms. The monoisotopic (exact) mass is 405 g/mol. The van der Waals surface area contributed by atoms with E-state index < -0.39 is 0 Å². The molecular weight excluding hydrogens is 382 g/mol. The number of rotatable bonds is 6. The van der Waals surface area contributed by atoms with Crippen molar-refractivity contribution in [3.8, 4) is 0 Å². The van der Waals surface area contributed by atoms with Crippen LogP contribution in [0.15, 0.2) is 21.4 Å². The van der Waals surface area contributed by atoms with Crippen LogP contribution in [0.1, 0.15) is 39.5 Å². The van der Waals surface area contributed by atoms with Gasteiger partial charge in [0.05, 0.1) is 11.3 Å². The van der Waals surface area contributed by atoms with Gasteiger partial charge in [-0.25, -0.2) is 0 Å². The summed E-state index contributed by atoms with van der Waals surface area (Å²) < 4.78 is 4.29. The first-order valence-electron chi connectivity index (χ1n) is 9.32. The van der Waals surface area contributed by atoms with Crippen LogP contribution >= 0.6 is 23.1 Å². The van der Waals surface area contributed by atoms with Crippen molar-refractivity contribution >= 4 is 45.0 Å². The van der Waals surface area contributed by atoms with Crippen molar-refractivity contribution in [2.24, 2.45) is 5.92 Å². The number of fused-ring (bicyclic) bond motifs is 3. The molecule has 0 aliphatic heterocycles. The molecule has 3 aromatic heterocycles. The number of thioether (sulfide) groups is 1. The number of aromatic nitrogens is 4. The molecule has 1 aliphatic rings. The fraction of sp³-hybridized carbons (Fsp3) is 0.556. The number of amides is 1. The number of thiophene rings is 1. The van der Waals surface area contributed by atoms with Crippen LogP contribution in [-0.4, -0.2) is 36.9 Å². The van der Waals surface area contributed by atoms with E-state index in [1.807, 2.05) is 15.8 Å². The molecule has 0 unspecified atom stereocenters. The SMILES string of the molecule is CC(C)Cn1c(=O)c2sccc2n2c(SCC(=O)NC3CCCC3)nnc12. The average molecular weight is 406 g/mol. The van der Waals surface area contributed by atoms with E-state index in [1.165, 1.54) is 35.9 Å². The summed E-state index contributed by atoms with van der Waals surface area (Å²) in [6.07, 6.45) is 4.52. The van der Waals surface area contributed by atoms with Gasteiger partial charge in [0.15, 0.2) is 5.16 Å². The third-order valence-corrected chi connectivity index (χ3v) is 6.60. The molecule has 9 heteroatoms. The van der Waals surface area contributed by atoms with Gasteiger partial charge in [-0.1, -0.05) is 38.5 Å². The predicted molar refractivity (Wildman–Crippen MR) is 109 cm³/mol. The minimum Gasteiger partial charge on any atom is -0.353 e. The number of hydrogen-bond donors (Lipinski definition) is 1. The van der Waals surface area contributed by atoms with Crippen LogP contribution in [0.2, 0.25) is 0 Å². The van der Waals surface area contributed by atoms with Crippen molar-refractivity contribution in [3.05, 3.63) is 21.8 Å². The molecule has 0 saturated heterocycles. The van der Waals surface area contributed by atoms with E-state index in [9.17, 15) is 9.59 Å². The van der Waals surface area contributed by atoms with E-state index in [0.717, 1.165) is 18.4 Å². The number of hydrogen-bond acceptors (Lipinski definition) is 6. The summed E-state index contributed by atoms with van der Waals surface area (Å²) in [6, 6.07) is 2.23. The van der Waals surface area contributed by atoms with Crippen LogP contribution < -0.4 is 10.9 Å².